The minimum Gasteiger partial charge on any atom is -0.463 e. The SMILES string of the molecule is CCOC(=O)C1=C(CN2CCO[C@H]3CN(CC(C)(C)C(=O)OC(C)(C)C)C(=O)[C@H]32)NC(c2nccs2)=NC1. The molecule has 1 N–H and O–H groups in total. The minimum absolute atomic E-state index is 0.103. The number of aromatic nitrogens is 1. The van der Waals surface area contributed by atoms with Crippen LogP contribution in [0.5, 0.6) is 0 Å². The Labute approximate surface area is 227 Å². The van der Waals surface area contributed by atoms with Crippen molar-refractivity contribution in [1.29, 1.82) is 0 Å². The van der Waals surface area contributed by atoms with E-state index in [2.05, 4.69) is 15.3 Å². The highest BCUT2D eigenvalue weighted by Gasteiger charge is 2.49. The van der Waals surface area contributed by atoms with Crippen LogP contribution in [0.2, 0.25) is 0 Å². The number of ether oxygens (including phenoxy) is 3. The molecular weight excluding hydrogens is 510 g/mol. The summed E-state index contributed by atoms with van der Waals surface area (Å²) in [6.07, 6.45) is 1.36. The number of fused-ring (bicyclic) bond motifs is 1. The van der Waals surface area contributed by atoms with Crippen molar-refractivity contribution in [3.63, 3.8) is 0 Å². The fraction of sp³-hybridized carbons (Fsp3) is 0.654. The van der Waals surface area contributed by atoms with Crippen molar-refractivity contribution in [1.82, 2.24) is 20.1 Å². The molecule has 4 heterocycles. The zero-order chi connectivity index (χ0) is 27.7. The van der Waals surface area contributed by atoms with Gasteiger partial charge in [-0.25, -0.2) is 9.78 Å². The molecule has 1 amide bonds. The average Bonchev–Trinajstić information content (AvgIpc) is 3.47. The smallest absolute Gasteiger partial charge is 0.337 e. The van der Waals surface area contributed by atoms with Gasteiger partial charge >= 0.3 is 11.9 Å². The Hall–Kier alpha value is -2.83. The van der Waals surface area contributed by atoms with Gasteiger partial charge in [-0.1, -0.05) is 0 Å². The lowest BCUT2D eigenvalue weighted by molar-refractivity contribution is -0.167. The molecule has 38 heavy (non-hydrogen) atoms. The van der Waals surface area contributed by atoms with E-state index in [1.165, 1.54) is 11.3 Å². The summed E-state index contributed by atoms with van der Waals surface area (Å²) < 4.78 is 16.9. The summed E-state index contributed by atoms with van der Waals surface area (Å²) in [6.45, 7) is 13.1. The summed E-state index contributed by atoms with van der Waals surface area (Å²) in [4.78, 5) is 51.8. The number of rotatable bonds is 8. The third-order valence-corrected chi connectivity index (χ3v) is 7.29. The normalized spacial score (nSPS) is 22.6. The first-order chi connectivity index (χ1) is 17.9. The second-order valence-corrected chi connectivity index (χ2v) is 12.1. The average molecular weight is 548 g/mol. The van der Waals surface area contributed by atoms with E-state index in [0.717, 1.165) is 5.01 Å². The van der Waals surface area contributed by atoms with Crippen LogP contribution >= 0.6 is 11.3 Å². The van der Waals surface area contributed by atoms with Gasteiger partial charge in [0.1, 0.15) is 11.6 Å². The molecule has 11 nitrogen and oxygen atoms in total. The largest absolute Gasteiger partial charge is 0.463 e. The van der Waals surface area contributed by atoms with Gasteiger partial charge in [0.15, 0.2) is 10.8 Å². The zero-order valence-corrected chi connectivity index (χ0v) is 23.7. The van der Waals surface area contributed by atoms with Crippen LogP contribution in [0.4, 0.5) is 0 Å². The van der Waals surface area contributed by atoms with E-state index < -0.39 is 23.0 Å². The molecule has 1 aromatic rings. The Bertz CT molecular complexity index is 1120. The molecule has 0 spiro atoms. The summed E-state index contributed by atoms with van der Waals surface area (Å²) in [6, 6.07) is -0.530. The minimum atomic E-state index is -0.884. The van der Waals surface area contributed by atoms with Crippen LogP contribution in [0.25, 0.3) is 0 Å². The van der Waals surface area contributed by atoms with Crippen LogP contribution < -0.4 is 5.32 Å². The third-order valence-electron chi connectivity index (χ3n) is 6.51. The van der Waals surface area contributed by atoms with Gasteiger partial charge in [-0.15, -0.1) is 11.3 Å². The maximum Gasteiger partial charge on any atom is 0.337 e. The molecule has 0 aliphatic carbocycles. The number of nitrogens with zero attached hydrogens (tertiary/aromatic N) is 4. The van der Waals surface area contributed by atoms with E-state index >= 15 is 0 Å². The topological polar surface area (TPSA) is 123 Å². The maximum atomic E-state index is 13.6. The van der Waals surface area contributed by atoms with E-state index in [0.29, 0.717) is 43.3 Å². The summed E-state index contributed by atoms with van der Waals surface area (Å²) in [7, 11) is 0. The van der Waals surface area contributed by atoms with Crippen LogP contribution in [0.3, 0.4) is 0 Å². The van der Waals surface area contributed by atoms with E-state index in [1.54, 1.807) is 31.9 Å². The third kappa shape index (κ3) is 6.24. The first kappa shape index (κ1) is 28.2. The lowest BCUT2D eigenvalue weighted by Gasteiger charge is -2.36. The number of hydrogen-bond donors (Lipinski definition) is 1. The summed E-state index contributed by atoms with van der Waals surface area (Å²) in [5.41, 5.74) is -0.423. The zero-order valence-electron chi connectivity index (χ0n) is 22.9. The number of carbonyl (C=O) groups excluding carboxylic acids is 3. The van der Waals surface area contributed by atoms with E-state index in [1.807, 2.05) is 31.1 Å². The first-order valence-corrected chi connectivity index (χ1v) is 13.8. The van der Waals surface area contributed by atoms with Gasteiger partial charge in [0.2, 0.25) is 5.91 Å². The summed E-state index contributed by atoms with van der Waals surface area (Å²) in [5, 5.41) is 5.86. The van der Waals surface area contributed by atoms with Gasteiger partial charge in [-0.3, -0.25) is 19.5 Å². The summed E-state index contributed by atoms with van der Waals surface area (Å²) in [5.74, 6) is -0.295. The fourth-order valence-electron chi connectivity index (χ4n) is 4.74. The van der Waals surface area contributed by atoms with E-state index in [9.17, 15) is 14.4 Å². The maximum absolute atomic E-state index is 13.6. The molecule has 2 atom stereocenters. The predicted octanol–water partition coefficient (Wildman–Crippen LogP) is 1.59. The monoisotopic (exact) mass is 547 g/mol. The number of amides is 1. The van der Waals surface area contributed by atoms with Crippen LogP contribution in [0, 0.1) is 5.41 Å². The molecule has 2 fully saturated rings. The number of hydrogen-bond acceptors (Lipinski definition) is 11. The molecule has 0 radical (unpaired) electrons. The molecule has 0 saturated carbocycles. The molecule has 0 unspecified atom stereocenters. The molecule has 4 rings (SSSR count). The van der Waals surface area contributed by atoms with Crippen molar-refractivity contribution >= 4 is 35.0 Å². The van der Waals surface area contributed by atoms with Gasteiger partial charge < -0.3 is 24.4 Å². The predicted molar refractivity (Wildman–Crippen MR) is 142 cm³/mol. The van der Waals surface area contributed by atoms with Crippen LogP contribution in [0.15, 0.2) is 27.8 Å². The standard InChI is InChI=1S/C26H37N5O6S/c1-7-35-23(33)16-12-28-20(21-27-8-11-38-21)29-17(16)13-30-9-10-36-18-14-31(22(32)19(18)30)15-26(5,6)24(34)37-25(2,3)4/h8,11,18-19H,7,9-10,12-15H2,1-6H3,(H,28,29)/t18-,19-/m0/s1. The molecule has 208 valence electrons. The van der Waals surface area contributed by atoms with Crippen molar-refractivity contribution < 1.29 is 28.6 Å². The number of aliphatic imine (C=N–C) groups is 1. The Kier molecular flexibility index (Phi) is 8.24. The lowest BCUT2D eigenvalue weighted by atomic mass is 9.92. The quantitative estimate of drug-likeness (QED) is 0.484. The Morgan fingerprint density at radius 2 is 2.03 bits per heavy atom. The molecule has 12 heteroatoms. The van der Waals surface area contributed by atoms with Crippen LogP contribution in [-0.2, 0) is 28.6 Å². The highest BCUT2D eigenvalue weighted by Crippen LogP contribution is 2.30. The molecule has 3 aliphatic rings. The van der Waals surface area contributed by atoms with Gasteiger partial charge in [-0.05, 0) is 41.5 Å². The van der Waals surface area contributed by atoms with Crippen molar-refractivity contribution in [2.24, 2.45) is 10.4 Å². The van der Waals surface area contributed by atoms with Gasteiger partial charge in [-0.2, -0.15) is 0 Å². The number of nitrogens with one attached hydrogen (secondary N) is 1. The molecule has 0 aromatic carbocycles. The van der Waals surface area contributed by atoms with Crippen molar-refractivity contribution in [2.45, 2.75) is 59.3 Å². The number of likely N-dealkylation sites (tertiary alicyclic amines) is 1. The second kappa shape index (κ2) is 11.1. The number of morpholine rings is 1. The number of amidine groups is 1. The Balaban J connectivity index is 1.52. The molecule has 0 bridgehead atoms. The number of esters is 2. The highest BCUT2D eigenvalue weighted by molar-refractivity contribution is 7.11. The van der Waals surface area contributed by atoms with Crippen molar-refractivity contribution in [3.8, 4) is 0 Å². The number of thiazole rings is 1. The number of carbonyl (C=O) groups is 3. The van der Waals surface area contributed by atoms with E-state index in [-0.39, 0.29) is 37.7 Å². The summed E-state index contributed by atoms with van der Waals surface area (Å²) >= 11 is 1.45. The first-order valence-electron chi connectivity index (χ1n) is 12.9. The van der Waals surface area contributed by atoms with Crippen molar-refractivity contribution in [2.75, 3.05) is 45.9 Å². The Morgan fingerprint density at radius 3 is 2.68 bits per heavy atom. The molecule has 3 aliphatic heterocycles. The van der Waals surface area contributed by atoms with Crippen LogP contribution in [-0.4, -0.2) is 102 Å². The van der Waals surface area contributed by atoms with Gasteiger partial charge in [0.05, 0.1) is 36.9 Å². The molecular formula is C26H37N5O6S. The fourth-order valence-corrected chi connectivity index (χ4v) is 5.34. The van der Waals surface area contributed by atoms with Crippen molar-refractivity contribution in [3.05, 3.63) is 27.9 Å². The molecule has 1 aromatic heterocycles. The second-order valence-electron chi connectivity index (χ2n) is 11.2. The van der Waals surface area contributed by atoms with Gasteiger partial charge in [0.25, 0.3) is 0 Å². The van der Waals surface area contributed by atoms with Gasteiger partial charge in [0, 0.05) is 43.5 Å². The van der Waals surface area contributed by atoms with E-state index in [4.69, 9.17) is 14.2 Å². The lowest BCUT2D eigenvalue weighted by Crippen LogP contribution is -2.54. The Morgan fingerprint density at radius 1 is 1.26 bits per heavy atom. The van der Waals surface area contributed by atoms with Crippen LogP contribution in [0.1, 0.15) is 46.6 Å². The molecule has 2 saturated heterocycles. The highest BCUT2D eigenvalue weighted by atomic mass is 32.1.